The van der Waals surface area contributed by atoms with Crippen LogP contribution in [0.15, 0.2) is 69.9 Å². The Balaban J connectivity index is 1.69. The Morgan fingerprint density at radius 1 is 1.00 bits per heavy atom. The summed E-state index contributed by atoms with van der Waals surface area (Å²) < 4.78 is 12.0. The van der Waals surface area contributed by atoms with E-state index in [0.29, 0.717) is 33.0 Å². The average Bonchev–Trinajstić information content (AvgIpc) is 2.80. The summed E-state index contributed by atoms with van der Waals surface area (Å²) in [4.78, 5) is 26.0. The van der Waals surface area contributed by atoms with Gasteiger partial charge in [-0.3, -0.25) is 9.59 Å². The second-order valence-corrected chi connectivity index (χ2v) is 10.1. The van der Waals surface area contributed by atoms with Gasteiger partial charge < -0.3 is 14.5 Å². The number of amides is 1. The smallest absolute Gasteiger partial charge is 0.262 e. The standard InChI is InChI=1S/C29H28ClNO4/c1-17-6-13-22-24(14-17)35-27(19-8-10-20(11-9-19)29(3,4)5)28(26(22)33)34-16-25(32)31-21-12-7-18(2)23(30)15-21/h6-15H,16H2,1-5H3,(H,31,32). The van der Waals surface area contributed by atoms with Crippen molar-refractivity contribution < 1.29 is 13.9 Å². The number of hydrogen-bond acceptors (Lipinski definition) is 4. The lowest BCUT2D eigenvalue weighted by Crippen LogP contribution is -2.22. The van der Waals surface area contributed by atoms with Gasteiger partial charge in [-0.1, -0.05) is 68.8 Å². The van der Waals surface area contributed by atoms with Crippen LogP contribution in [-0.4, -0.2) is 12.5 Å². The molecule has 3 aromatic carbocycles. The zero-order chi connectivity index (χ0) is 25.3. The molecule has 0 spiro atoms. The first-order valence-electron chi connectivity index (χ1n) is 11.4. The molecule has 5 nitrogen and oxygen atoms in total. The maximum absolute atomic E-state index is 13.4. The number of benzene rings is 3. The molecule has 0 unspecified atom stereocenters. The third kappa shape index (κ3) is 5.41. The van der Waals surface area contributed by atoms with Crippen molar-refractivity contribution in [2.75, 3.05) is 11.9 Å². The van der Waals surface area contributed by atoms with Crippen molar-refractivity contribution >= 4 is 34.2 Å². The summed E-state index contributed by atoms with van der Waals surface area (Å²) in [7, 11) is 0. The fourth-order valence-electron chi connectivity index (χ4n) is 3.73. The van der Waals surface area contributed by atoms with Crippen LogP contribution < -0.4 is 15.5 Å². The number of hydrogen-bond donors (Lipinski definition) is 1. The molecular weight excluding hydrogens is 462 g/mol. The minimum absolute atomic E-state index is 0.00181. The molecule has 0 radical (unpaired) electrons. The van der Waals surface area contributed by atoms with E-state index in [1.807, 2.05) is 56.3 Å². The normalized spacial score (nSPS) is 11.5. The maximum atomic E-state index is 13.4. The van der Waals surface area contributed by atoms with Crippen LogP contribution in [0.5, 0.6) is 5.75 Å². The van der Waals surface area contributed by atoms with Gasteiger partial charge in [0.2, 0.25) is 11.2 Å². The minimum Gasteiger partial charge on any atom is -0.476 e. The van der Waals surface area contributed by atoms with Gasteiger partial charge >= 0.3 is 0 Å². The van der Waals surface area contributed by atoms with Crippen LogP contribution in [0.2, 0.25) is 5.02 Å². The van der Waals surface area contributed by atoms with Crippen molar-refractivity contribution in [2.24, 2.45) is 0 Å². The summed E-state index contributed by atoms with van der Waals surface area (Å²) in [5.41, 5.74) is 4.40. The Kier molecular flexibility index (Phi) is 6.73. The summed E-state index contributed by atoms with van der Waals surface area (Å²) in [5, 5.41) is 3.69. The van der Waals surface area contributed by atoms with Gasteiger partial charge in [0.25, 0.3) is 5.91 Å². The van der Waals surface area contributed by atoms with Crippen molar-refractivity contribution in [2.45, 2.75) is 40.0 Å². The quantitative estimate of drug-likeness (QED) is 0.326. The van der Waals surface area contributed by atoms with Crippen molar-refractivity contribution in [3.63, 3.8) is 0 Å². The Morgan fingerprint density at radius 2 is 1.71 bits per heavy atom. The third-order valence-corrected chi connectivity index (χ3v) is 6.23. The molecule has 6 heteroatoms. The van der Waals surface area contributed by atoms with E-state index < -0.39 is 5.91 Å². The monoisotopic (exact) mass is 489 g/mol. The van der Waals surface area contributed by atoms with Crippen LogP contribution in [0.1, 0.15) is 37.5 Å². The summed E-state index contributed by atoms with van der Waals surface area (Å²) >= 11 is 6.15. The molecule has 0 saturated carbocycles. The van der Waals surface area contributed by atoms with Crippen molar-refractivity contribution in [3.8, 4) is 17.1 Å². The van der Waals surface area contributed by atoms with Crippen LogP contribution >= 0.6 is 11.6 Å². The number of anilines is 1. The van der Waals surface area contributed by atoms with Gasteiger partial charge in [0, 0.05) is 16.3 Å². The molecule has 4 rings (SSSR count). The zero-order valence-corrected chi connectivity index (χ0v) is 21.2. The van der Waals surface area contributed by atoms with Crippen LogP contribution in [-0.2, 0) is 10.2 Å². The van der Waals surface area contributed by atoms with Crippen molar-refractivity contribution in [1.29, 1.82) is 0 Å². The highest BCUT2D eigenvalue weighted by atomic mass is 35.5. The van der Waals surface area contributed by atoms with Crippen LogP contribution in [0.25, 0.3) is 22.3 Å². The van der Waals surface area contributed by atoms with E-state index in [0.717, 1.165) is 16.7 Å². The summed E-state index contributed by atoms with van der Waals surface area (Å²) in [6.07, 6.45) is 0. The molecule has 0 fully saturated rings. The third-order valence-electron chi connectivity index (χ3n) is 5.82. The lowest BCUT2D eigenvalue weighted by molar-refractivity contribution is -0.118. The van der Waals surface area contributed by atoms with Gasteiger partial charge in [-0.05, 0) is 60.2 Å². The van der Waals surface area contributed by atoms with Crippen LogP contribution in [0, 0.1) is 13.8 Å². The highest BCUT2D eigenvalue weighted by Gasteiger charge is 2.20. The number of aryl methyl sites for hydroxylation is 2. The number of rotatable bonds is 5. The molecule has 0 bridgehead atoms. The largest absolute Gasteiger partial charge is 0.476 e. The minimum atomic E-state index is -0.414. The molecular formula is C29H28ClNO4. The number of nitrogens with one attached hydrogen (secondary N) is 1. The molecule has 1 aromatic heterocycles. The number of carbonyl (C=O) groups is 1. The Bertz CT molecular complexity index is 1460. The van der Waals surface area contributed by atoms with Gasteiger partial charge in [-0.25, -0.2) is 0 Å². The van der Waals surface area contributed by atoms with E-state index in [9.17, 15) is 9.59 Å². The summed E-state index contributed by atoms with van der Waals surface area (Å²) in [6, 6.07) is 18.4. The van der Waals surface area contributed by atoms with Crippen molar-refractivity contribution in [1.82, 2.24) is 0 Å². The maximum Gasteiger partial charge on any atom is 0.262 e. The van der Waals surface area contributed by atoms with Gasteiger partial charge in [0.15, 0.2) is 12.4 Å². The average molecular weight is 490 g/mol. The van der Waals surface area contributed by atoms with Crippen LogP contribution in [0.4, 0.5) is 5.69 Å². The van der Waals surface area contributed by atoms with E-state index in [2.05, 4.69) is 26.1 Å². The molecule has 0 saturated heterocycles. The van der Waals surface area contributed by atoms with E-state index in [1.54, 1.807) is 18.2 Å². The molecule has 0 aliphatic carbocycles. The van der Waals surface area contributed by atoms with E-state index in [-0.39, 0.29) is 23.2 Å². The van der Waals surface area contributed by atoms with Crippen molar-refractivity contribution in [3.05, 3.63) is 92.6 Å². The Hall–Kier alpha value is -3.57. The predicted octanol–water partition coefficient (Wildman–Crippen LogP) is 7.05. The zero-order valence-electron chi connectivity index (χ0n) is 20.5. The van der Waals surface area contributed by atoms with E-state index >= 15 is 0 Å². The van der Waals surface area contributed by atoms with Gasteiger partial charge in [-0.2, -0.15) is 0 Å². The van der Waals surface area contributed by atoms with E-state index in [4.69, 9.17) is 20.8 Å². The molecule has 0 atom stereocenters. The lowest BCUT2D eigenvalue weighted by atomic mass is 9.86. The molecule has 180 valence electrons. The first-order chi connectivity index (χ1) is 16.5. The SMILES string of the molecule is Cc1ccc2c(=O)c(OCC(=O)Nc3ccc(C)c(Cl)c3)c(-c3ccc(C(C)(C)C)cc3)oc2c1. The Labute approximate surface area is 209 Å². The molecule has 1 amide bonds. The molecule has 1 N–H and O–H groups in total. The second-order valence-electron chi connectivity index (χ2n) is 9.72. The van der Waals surface area contributed by atoms with Crippen LogP contribution in [0.3, 0.4) is 0 Å². The first kappa shape index (κ1) is 24.6. The van der Waals surface area contributed by atoms with Gasteiger partial charge in [0.05, 0.1) is 5.39 Å². The number of ether oxygens (including phenoxy) is 1. The molecule has 0 aliphatic heterocycles. The fourth-order valence-corrected chi connectivity index (χ4v) is 3.91. The number of carbonyl (C=O) groups excluding carboxylic acids is 1. The fraction of sp³-hybridized carbons (Fsp3) is 0.241. The molecule has 4 aromatic rings. The second kappa shape index (κ2) is 9.59. The van der Waals surface area contributed by atoms with E-state index in [1.165, 1.54) is 0 Å². The first-order valence-corrected chi connectivity index (χ1v) is 11.8. The highest BCUT2D eigenvalue weighted by Crippen LogP contribution is 2.33. The lowest BCUT2D eigenvalue weighted by Gasteiger charge is -2.19. The summed E-state index contributed by atoms with van der Waals surface area (Å²) in [5.74, 6) is -0.121. The molecule has 35 heavy (non-hydrogen) atoms. The predicted molar refractivity (Wildman–Crippen MR) is 142 cm³/mol. The molecule has 0 aliphatic rings. The van der Waals surface area contributed by atoms with Gasteiger partial charge in [-0.15, -0.1) is 0 Å². The molecule has 1 heterocycles. The number of halogens is 1. The Morgan fingerprint density at radius 3 is 2.37 bits per heavy atom. The highest BCUT2D eigenvalue weighted by molar-refractivity contribution is 6.31. The topological polar surface area (TPSA) is 68.5 Å². The summed E-state index contributed by atoms with van der Waals surface area (Å²) in [6.45, 7) is 9.86. The van der Waals surface area contributed by atoms with Gasteiger partial charge in [0.1, 0.15) is 5.58 Å². The number of fused-ring (bicyclic) bond motifs is 1.